The number of hydrogen-bond donors (Lipinski definition) is 4. The number of aromatic carboxylic acids is 2. The number of hydrogen-bond acceptors (Lipinski definition) is 6. The fraction of sp³-hybridized carbons (Fsp3) is 0.214. The highest BCUT2D eigenvalue weighted by molar-refractivity contribution is 6.01. The summed E-state index contributed by atoms with van der Waals surface area (Å²) in [5, 5.41) is 23.9. The van der Waals surface area contributed by atoms with E-state index in [-0.39, 0.29) is 42.4 Å². The zero-order valence-corrected chi connectivity index (χ0v) is 21.7. The third kappa shape index (κ3) is 7.71. The average molecular weight is 536 g/mol. The van der Waals surface area contributed by atoms with E-state index >= 15 is 0 Å². The molecule has 0 fully saturated rings. The number of carbonyl (C=O) groups is 4. The van der Waals surface area contributed by atoms with Crippen LogP contribution in [0.3, 0.4) is 0 Å². The van der Waals surface area contributed by atoms with Crippen molar-refractivity contribution in [3.05, 3.63) is 82.9 Å². The smallest absolute Gasteiger partial charge is 0.339 e. The van der Waals surface area contributed by atoms with Gasteiger partial charge < -0.3 is 35.2 Å². The van der Waals surface area contributed by atoms with Crippen molar-refractivity contribution in [1.82, 2.24) is 4.90 Å². The number of likely N-dealkylation sites (N-methyl/N-ethyl adjacent to an activating group) is 1. The fourth-order valence-corrected chi connectivity index (χ4v) is 3.62. The maximum absolute atomic E-state index is 12.7. The summed E-state index contributed by atoms with van der Waals surface area (Å²) in [5.41, 5.74) is 2.24. The van der Waals surface area contributed by atoms with Crippen molar-refractivity contribution >= 4 is 35.3 Å². The Bertz CT molecular complexity index is 1390. The van der Waals surface area contributed by atoms with Gasteiger partial charge in [0.05, 0.1) is 31.3 Å². The number of nitrogens with one attached hydrogen (secondary N) is 2. The number of benzene rings is 3. The van der Waals surface area contributed by atoms with E-state index in [9.17, 15) is 24.3 Å². The van der Waals surface area contributed by atoms with E-state index in [4.69, 9.17) is 14.6 Å². The number of rotatable bonds is 11. The van der Waals surface area contributed by atoms with E-state index < -0.39 is 18.0 Å². The van der Waals surface area contributed by atoms with Gasteiger partial charge in [-0.1, -0.05) is 24.3 Å². The first kappa shape index (κ1) is 28.5. The Morgan fingerprint density at radius 3 is 2.26 bits per heavy atom. The van der Waals surface area contributed by atoms with Gasteiger partial charge >= 0.3 is 18.0 Å². The van der Waals surface area contributed by atoms with Crippen LogP contribution in [0.2, 0.25) is 0 Å². The van der Waals surface area contributed by atoms with Gasteiger partial charge in [-0.05, 0) is 54.4 Å². The summed E-state index contributed by atoms with van der Waals surface area (Å²) in [5.74, 6) is -2.40. The molecule has 0 radical (unpaired) electrons. The zero-order chi connectivity index (χ0) is 28.5. The number of nitrogens with zero attached hydrogens (tertiary/aromatic N) is 1. The average Bonchev–Trinajstić information content (AvgIpc) is 2.90. The van der Waals surface area contributed by atoms with Crippen molar-refractivity contribution < 1.29 is 38.9 Å². The molecule has 0 saturated carbocycles. The third-order valence-corrected chi connectivity index (χ3v) is 5.83. The Balaban J connectivity index is 1.56. The van der Waals surface area contributed by atoms with Gasteiger partial charge in [-0.25, -0.2) is 14.4 Å². The summed E-state index contributed by atoms with van der Waals surface area (Å²) in [4.78, 5) is 49.2. The van der Waals surface area contributed by atoms with Crippen molar-refractivity contribution in [1.29, 1.82) is 0 Å². The molecule has 3 amide bonds. The summed E-state index contributed by atoms with van der Waals surface area (Å²) in [6.45, 7) is 2.04. The van der Waals surface area contributed by atoms with Crippen LogP contribution >= 0.6 is 0 Å². The van der Waals surface area contributed by atoms with Gasteiger partial charge in [-0.15, -0.1) is 0 Å². The molecule has 0 aliphatic heterocycles. The second-order valence-corrected chi connectivity index (χ2v) is 8.59. The van der Waals surface area contributed by atoms with Crippen LogP contribution in [0.5, 0.6) is 11.5 Å². The molecular weight excluding hydrogens is 506 g/mol. The molecule has 11 nitrogen and oxygen atoms in total. The normalized spacial score (nSPS) is 10.3. The van der Waals surface area contributed by atoms with Gasteiger partial charge in [0.1, 0.15) is 23.7 Å². The molecule has 3 aromatic carbocycles. The quantitative estimate of drug-likeness (QED) is 0.286. The van der Waals surface area contributed by atoms with E-state index in [0.29, 0.717) is 22.7 Å². The largest absolute Gasteiger partial charge is 0.495 e. The van der Waals surface area contributed by atoms with E-state index in [1.165, 1.54) is 24.1 Å². The molecule has 204 valence electrons. The number of para-hydroxylation sites is 1. The monoisotopic (exact) mass is 535 g/mol. The molecule has 0 aliphatic rings. The number of amides is 3. The molecule has 4 N–H and O–H groups in total. The van der Waals surface area contributed by atoms with Crippen molar-refractivity contribution in [2.45, 2.75) is 13.3 Å². The SMILES string of the molecule is COc1cc(CC(=O)N(C)CCOc2ccc(C(=O)O)cc2C(=O)O)ccc1NC(=O)Nc1ccccc1C. The minimum Gasteiger partial charge on any atom is -0.495 e. The minimum atomic E-state index is -1.32. The molecule has 0 aromatic heterocycles. The number of aryl methyl sites for hydroxylation is 1. The predicted molar refractivity (Wildman–Crippen MR) is 144 cm³/mol. The van der Waals surface area contributed by atoms with Gasteiger partial charge in [0.2, 0.25) is 5.91 Å². The number of carboxylic acid groups (broad SMARTS) is 2. The van der Waals surface area contributed by atoms with Crippen LogP contribution in [0.4, 0.5) is 16.2 Å². The molecule has 39 heavy (non-hydrogen) atoms. The Hall–Kier alpha value is -5.06. The molecule has 0 heterocycles. The molecular formula is C28H29N3O8. The molecule has 11 heteroatoms. The van der Waals surface area contributed by atoms with E-state index in [2.05, 4.69) is 10.6 Å². The highest BCUT2D eigenvalue weighted by Gasteiger charge is 2.17. The second kappa shape index (κ2) is 13.0. The lowest BCUT2D eigenvalue weighted by molar-refractivity contribution is -0.129. The highest BCUT2D eigenvalue weighted by Crippen LogP contribution is 2.27. The van der Waals surface area contributed by atoms with Crippen LogP contribution in [-0.4, -0.2) is 66.3 Å². The molecule has 0 bridgehead atoms. The lowest BCUT2D eigenvalue weighted by Crippen LogP contribution is -2.32. The number of carboxylic acids is 2. The number of ether oxygens (including phenoxy) is 2. The van der Waals surface area contributed by atoms with Gasteiger partial charge in [-0.3, -0.25) is 4.79 Å². The summed E-state index contributed by atoms with van der Waals surface area (Å²) in [6, 6.07) is 15.5. The number of methoxy groups -OCH3 is 1. The predicted octanol–water partition coefficient (Wildman–Crippen LogP) is 4.12. The number of carbonyl (C=O) groups excluding carboxylic acids is 2. The minimum absolute atomic E-state index is 0.00286. The van der Waals surface area contributed by atoms with E-state index in [1.54, 1.807) is 31.3 Å². The van der Waals surface area contributed by atoms with Crippen LogP contribution in [0, 0.1) is 6.92 Å². The molecule has 0 atom stereocenters. The summed E-state index contributed by atoms with van der Waals surface area (Å²) in [6.07, 6.45) is 0.0518. The molecule has 0 saturated heterocycles. The fourth-order valence-electron chi connectivity index (χ4n) is 3.62. The Labute approximate surface area is 225 Å². The number of anilines is 2. The molecule has 3 aromatic rings. The van der Waals surface area contributed by atoms with Gasteiger partial charge in [0.25, 0.3) is 0 Å². The Kier molecular flexibility index (Phi) is 9.47. The molecule has 0 unspecified atom stereocenters. The lowest BCUT2D eigenvalue weighted by atomic mass is 10.1. The number of urea groups is 1. The highest BCUT2D eigenvalue weighted by atomic mass is 16.5. The third-order valence-electron chi connectivity index (χ3n) is 5.83. The van der Waals surface area contributed by atoms with E-state index in [0.717, 1.165) is 11.6 Å². The van der Waals surface area contributed by atoms with Crippen LogP contribution in [0.25, 0.3) is 0 Å². The Morgan fingerprint density at radius 2 is 1.59 bits per heavy atom. The Morgan fingerprint density at radius 1 is 0.872 bits per heavy atom. The van der Waals surface area contributed by atoms with Crippen LogP contribution in [-0.2, 0) is 11.2 Å². The molecule has 3 rings (SSSR count). The first-order valence-corrected chi connectivity index (χ1v) is 11.9. The van der Waals surface area contributed by atoms with Crippen molar-refractivity contribution in [2.75, 3.05) is 37.9 Å². The summed E-state index contributed by atoms with van der Waals surface area (Å²) < 4.78 is 10.9. The zero-order valence-electron chi connectivity index (χ0n) is 21.7. The van der Waals surface area contributed by atoms with Crippen LogP contribution in [0.15, 0.2) is 60.7 Å². The van der Waals surface area contributed by atoms with Crippen molar-refractivity contribution in [2.24, 2.45) is 0 Å². The second-order valence-electron chi connectivity index (χ2n) is 8.59. The van der Waals surface area contributed by atoms with Gasteiger partial charge in [0.15, 0.2) is 0 Å². The van der Waals surface area contributed by atoms with Gasteiger partial charge in [-0.2, -0.15) is 0 Å². The topological polar surface area (TPSA) is 154 Å². The van der Waals surface area contributed by atoms with Crippen molar-refractivity contribution in [3.8, 4) is 11.5 Å². The first-order chi connectivity index (χ1) is 18.6. The maximum Gasteiger partial charge on any atom is 0.339 e. The molecule has 0 spiro atoms. The summed E-state index contributed by atoms with van der Waals surface area (Å²) >= 11 is 0. The maximum atomic E-state index is 12.7. The van der Waals surface area contributed by atoms with Crippen LogP contribution in [0.1, 0.15) is 31.8 Å². The van der Waals surface area contributed by atoms with Crippen molar-refractivity contribution in [3.63, 3.8) is 0 Å². The standard InChI is InChI=1S/C28H29N3O8/c1-17-6-4-5-7-21(17)29-28(37)30-22-10-8-18(14-24(22)38-3)15-25(32)31(2)12-13-39-23-11-9-19(26(33)34)16-20(23)27(35)36/h4-11,14,16H,12-13,15H2,1-3H3,(H,33,34)(H,35,36)(H2,29,30,37). The van der Waals surface area contributed by atoms with E-state index in [1.807, 2.05) is 25.1 Å². The lowest BCUT2D eigenvalue weighted by Gasteiger charge is -2.19. The summed E-state index contributed by atoms with van der Waals surface area (Å²) in [7, 11) is 3.05. The van der Waals surface area contributed by atoms with Gasteiger partial charge in [0, 0.05) is 12.7 Å². The van der Waals surface area contributed by atoms with Crippen LogP contribution < -0.4 is 20.1 Å². The molecule has 0 aliphatic carbocycles. The first-order valence-electron chi connectivity index (χ1n) is 11.9.